The average Bonchev–Trinajstić information content (AvgIpc) is 3.16. The fraction of sp³-hybridized carbons (Fsp3) is 0.0952. The van der Waals surface area contributed by atoms with E-state index in [1.54, 1.807) is 31.2 Å². The van der Waals surface area contributed by atoms with Crippen LogP contribution in [-0.4, -0.2) is 5.97 Å². The Balaban J connectivity index is 2.06. The van der Waals surface area contributed by atoms with Crippen LogP contribution in [0.15, 0.2) is 93.5 Å². The van der Waals surface area contributed by atoms with Crippen molar-refractivity contribution in [3.63, 3.8) is 0 Å². The molecule has 0 saturated carbocycles. The van der Waals surface area contributed by atoms with E-state index in [4.69, 9.17) is 9.15 Å². The SMILES string of the molecule is C=C(C)C(=O)OC1(c2ccoc2)c2ccccc2Sc2ccccc21. The molecule has 0 fully saturated rings. The third-order valence-electron chi connectivity index (χ3n) is 4.27. The summed E-state index contributed by atoms with van der Waals surface area (Å²) in [5, 5.41) is 0. The van der Waals surface area contributed by atoms with Crippen molar-refractivity contribution in [2.75, 3.05) is 0 Å². The minimum atomic E-state index is -1.05. The van der Waals surface area contributed by atoms with Crippen LogP contribution in [0, 0.1) is 0 Å². The van der Waals surface area contributed by atoms with Crippen molar-refractivity contribution in [3.8, 4) is 0 Å². The summed E-state index contributed by atoms with van der Waals surface area (Å²) in [6.45, 7) is 5.40. The molecule has 0 radical (unpaired) electrons. The largest absolute Gasteiger partial charge is 0.472 e. The summed E-state index contributed by atoms with van der Waals surface area (Å²) < 4.78 is 11.5. The molecule has 0 atom stereocenters. The molecule has 2 heterocycles. The minimum absolute atomic E-state index is 0.357. The Morgan fingerprint density at radius 3 is 2.16 bits per heavy atom. The van der Waals surface area contributed by atoms with E-state index in [1.807, 2.05) is 54.6 Å². The molecule has 1 aliphatic heterocycles. The van der Waals surface area contributed by atoms with Crippen molar-refractivity contribution in [1.82, 2.24) is 0 Å². The molecule has 4 rings (SSSR count). The third-order valence-corrected chi connectivity index (χ3v) is 5.43. The predicted octanol–water partition coefficient (Wildman–Crippen LogP) is 5.16. The number of esters is 1. The first-order valence-electron chi connectivity index (χ1n) is 7.91. The van der Waals surface area contributed by atoms with Crippen molar-refractivity contribution in [2.45, 2.75) is 22.3 Å². The van der Waals surface area contributed by atoms with Crippen LogP contribution in [-0.2, 0) is 15.1 Å². The third kappa shape index (κ3) is 2.41. The van der Waals surface area contributed by atoms with Crippen LogP contribution in [0.1, 0.15) is 23.6 Å². The highest BCUT2D eigenvalue weighted by atomic mass is 32.2. The van der Waals surface area contributed by atoms with Gasteiger partial charge in [0.1, 0.15) is 0 Å². The second-order valence-corrected chi connectivity index (χ2v) is 7.04. The number of rotatable bonds is 3. The average molecular weight is 348 g/mol. The molecule has 3 aromatic rings. The van der Waals surface area contributed by atoms with Crippen molar-refractivity contribution in [2.24, 2.45) is 0 Å². The first kappa shape index (κ1) is 15.8. The smallest absolute Gasteiger partial charge is 0.334 e. The van der Waals surface area contributed by atoms with E-state index in [0.29, 0.717) is 5.57 Å². The Kier molecular flexibility index (Phi) is 3.77. The molecular weight excluding hydrogens is 332 g/mol. The van der Waals surface area contributed by atoms with Gasteiger partial charge in [0, 0.05) is 32.1 Å². The zero-order valence-corrected chi connectivity index (χ0v) is 14.5. The molecule has 0 bridgehead atoms. The number of fused-ring (bicyclic) bond motifs is 2. The monoisotopic (exact) mass is 348 g/mol. The van der Waals surface area contributed by atoms with Gasteiger partial charge in [-0.25, -0.2) is 4.79 Å². The lowest BCUT2D eigenvalue weighted by Gasteiger charge is -2.39. The van der Waals surface area contributed by atoms with Crippen molar-refractivity contribution in [1.29, 1.82) is 0 Å². The summed E-state index contributed by atoms with van der Waals surface area (Å²) in [5.74, 6) is -0.433. The molecule has 0 saturated heterocycles. The number of carbonyl (C=O) groups is 1. The Hall–Kier alpha value is -2.72. The summed E-state index contributed by atoms with van der Waals surface area (Å²) in [6.07, 6.45) is 3.23. The van der Waals surface area contributed by atoms with Gasteiger partial charge in [-0.3, -0.25) is 0 Å². The Morgan fingerprint density at radius 1 is 1.04 bits per heavy atom. The van der Waals surface area contributed by atoms with E-state index < -0.39 is 11.6 Å². The molecule has 1 aliphatic rings. The van der Waals surface area contributed by atoms with Gasteiger partial charge in [0.15, 0.2) is 5.60 Å². The Labute approximate surface area is 150 Å². The van der Waals surface area contributed by atoms with Crippen LogP contribution < -0.4 is 0 Å². The molecule has 0 aliphatic carbocycles. The lowest BCUT2D eigenvalue weighted by molar-refractivity contribution is -0.148. The maximum Gasteiger partial charge on any atom is 0.334 e. The summed E-state index contributed by atoms with van der Waals surface area (Å²) in [7, 11) is 0. The highest BCUT2D eigenvalue weighted by Crippen LogP contribution is 2.53. The summed E-state index contributed by atoms with van der Waals surface area (Å²) in [6, 6.07) is 17.8. The number of carbonyl (C=O) groups excluding carboxylic acids is 1. The standard InChI is InChI=1S/C21H16O3S/c1-14(2)20(22)24-21(15-11-12-23-13-15)16-7-3-5-9-18(16)25-19-10-6-4-8-17(19)21/h3-13H,1H2,2H3. The predicted molar refractivity (Wildman–Crippen MR) is 96.5 cm³/mol. The highest BCUT2D eigenvalue weighted by Gasteiger charge is 2.47. The van der Waals surface area contributed by atoms with Gasteiger partial charge in [-0.05, 0) is 25.1 Å². The van der Waals surface area contributed by atoms with Gasteiger partial charge < -0.3 is 9.15 Å². The molecule has 25 heavy (non-hydrogen) atoms. The van der Waals surface area contributed by atoms with Gasteiger partial charge >= 0.3 is 5.97 Å². The molecule has 0 unspecified atom stereocenters. The maximum atomic E-state index is 12.6. The minimum Gasteiger partial charge on any atom is -0.472 e. The second-order valence-electron chi connectivity index (χ2n) is 5.96. The fourth-order valence-corrected chi connectivity index (χ4v) is 4.30. The molecule has 2 aromatic carbocycles. The van der Waals surface area contributed by atoms with Gasteiger partial charge in [-0.1, -0.05) is 54.7 Å². The van der Waals surface area contributed by atoms with E-state index in [9.17, 15) is 4.79 Å². The number of ether oxygens (including phenoxy) is 1. The van der Waals surface area contributed by atoms with E-state index in [1.165, 1.54) is 0 Å². The van der Waals surface area contributed by atoms with Crippen LogP contribution in [0.25, 0.3) is 0 Å². The topological polar surface area (TPSA) is 39.4 Å². The van der Waals surface area contributed by atoms with Gasteiger partial charge in [-0.2, -0.15) is 0 Å². The van der Waals surface area contributed by atoms with Gasteiger partial charge in [0.2, 0.25) is 0 Å². The first-order valence-corrected chi connectivity index (χ1v) is 8.73. The van der Waals surface area contributed by atoms with Crippen molar-refractivity contribution >= 4 is 17.7 Å². The summed E-state index contributed by atoms with van der Waals surface area (Å²) in [5.41, 5.74) is 1.93. The normalized spacial score (nSPS) is 14.3. The molecular formula is C21H16O3S. The molecule has 1 aromatic heterocycles. The summed E-state index contributed by atoms with van der Waals surface area (Å²) >= 11 is 1.67. The molecule has 0 N–H and O–H groups in total. The lowest BCUT2D eigenvalue weighted by Crippen LogP contribution is -2.37. The summed E-state index contributed by atoms with van der Waals surface area (Å²) in [4.78, 5) is 14.7. The molecule has 124 valence electrons. The van der Waals surface area contributed by atoms with Crippen LogP contribution in [0.2, 0.25) is 0 Å². The highest BCUT2D eigenvalue weighted by molar-refractivity contribution is 7.99. The van der Waals surface area contributed by atoms with Gasteiger partial charge in [0.05, 0.1) is 12.5 Å². The molecule has 4 heteroatoms. The van der Waals surface area contributed by atoms with Crippen molar-refractivity contribution in [3.05, 3.63) is 96.0 Å². The van der Waals surface area contributed by atoms with E-state index in [-0.39, 0.29) is 0 Å². The lowest BCUT2D eigenvalue weighted by atomic mass is 9.80. The van der Waals surface area contributed by atoms with Crippen molar-refractivity contribution < 1.29 is 13.9 Å². The van der Waals surface area contributed by atoms with Crippen LogP contribution in [0.4, 0.5) is 0 Å². The second kappa shape index (κ2) is 5.97. The van der Waals surface area contributed by atoms with Crippen LogP contribution in [0.3, 0.4) is 0 Å². The number of benzene rings is 2. The zero-order valence-electron chi connectivity index (χ0n) is 13.7. The van der Waals surface area contributed by atoms with E-state index in [2.05, 4.69) is 6.58 Å². The van der Waals surface area contributed by atoms with Crippen LogP contribution in [0.5, 0.6) is 0 Å². The number of furan rings is 1. The van der Waals surface area contributed by atoms with Gasteiger partial charge in [0.25, 0.3) is 0 Å². The Morgan fingerprint density at radius 2 is 1.64 bits per heavy atom. The van der Waals surface area contributed by atoms with E-state index >= 15 is 0 Å². The fourth-order valence-electron chi connectivity index (χ4n) is 3.13. The number of hydrogen-bond acceptors (Lipinski definition) is 4. The quantitative estimate of drug-likeness (QED) is 0.484. The molecule has 0 spiro atoms. The number of hydrogen-bond donors (Lipinski definition) is 0. The Bertz CT molecular complexity index is 911. The van der Waals surface area contributed by atoms with E-state index in [0.717, 1.165) is 26.5 Å². The molecule has 0 amide bonds. The zero-order chi connectivity index (χ0) is 17.4. The first-order chi connectivity index (χ1) is 12.1. The maximum absolute atomic E-state index is 12.6. The molecule has 3 nitrogen and oxygen atoms in total. The van der Waals surface area contributed by atoms with Gasteiger partial charge in [-0.15, -0.1) is 0 Å². The van der Waals surface area contributed by atoms with Crippen LogP contribution >= 0.6 is 11.8 Å².